The van der Waals surface area contributed by atoms with Crippen molar-refractivity contribution in [2.24, 2.45) is 5.10 Å². The summed E-state index contributed by atoms with van der Waals surface area (Å²) in [6.07, 6.45) is 1.70. The van der Waals surface area contributed by atoms with Crippen LogP contribution in [0, 0.1) is 4.77 Å². The van der Waals surface area contributed by atoms with Crippen LogP contribution in [0.1, 0.15) is 11.1 Å². The Balaban J connectivity index is 1.60. The van der Waals surface area contributed by atoms with Gasteiger partial charge in [0.2, 0.25) is 10.5 Å². The van der Waals surface area contributed by atoms with Crippen LogP contribution in [-0.2, 0) is 6.61 Å². The van der Waals surface area contributed by atoms with Crippen LogP contribution in [-0.4, -0.2) is 42.4 Å². The zero-order valence-electron chi connectivity index (χ0n) is 19.0. The number of benzene rings is 3. The number of aromatic amines is 1. The molecule has 1 aromatic heterocycles. The minimum Gasteiger partial charge on any atom is -0.493 e. The average molecular weight is 477 g/mol. The maximum absolute atomic E-state index is 5.91. The molecular weight excluding hydrogens is 452 g/mol. The summed E-state index contributed by atoms with van der Waals surface area (Å²) in [5.41, 5.74) is 2.64. The lowest BCUT2D eigenvalue weighted by Crippen LogP contribution is -1.99. The Hall–Kier alpha value is -4.11. The quantitative estimate of drug-likeness (QED) is 0.268. The molecule has 0 unspecified atom stereocenters. The van der Waals surface area contributed by atoms with Gasteiger partial charge in [0, 0.05) is 5.56 Å². The highest BCUT2D eigenvalue weighted by molar-refractivity contribution is 7.71. The van der Waals surface area contributed by atoms with Crippen LogP contribution in [0.5, 0.6) is 23.0 Å². The molecule has 0 aliphatic carbocycles. The number of methoxy groups -OCH3 is 3. The summed E-state index contributed by atoms with van der Waals surface area (Å²) in [6, 6.07) is 21.2. The Morgan fingerprint density at radius 1 is 0.941 bits per heavy atom. The van der Waals surface area contributed by atoms with Crippen LogP contribution in [0.25, 0.3) is 11.4 Å². The first kappa shape index (κ1) is 23.1. The first-order valence-electron chi connectivity index (χ1n) is 10.4. The zero-order valence-corrected chi connectivity index (χ0v) is 19.8. The highest BCUT2D eigenvalue weighted by Crippen LogP contribution is 2.40. The second-order valence-electron chi connectivity index (χ2n) is 7.17. The lowest BCUT2D eigenvalue weighted by molar-refractivity contribution is 0.306. The lowest BCUT2D eigenvalue weighted by Gasteiger charge is -2.13. The van der Waals surface area contributed by atoms with Gasteiger partial charge in [0.15, 0.2) is 17.3 Å². The highest BCUT2D eigenvalue weighted by atomic mass is 32.1. The predicted octanol–water partition coefficient (Wildman–Crippen LogP) is 5.09. The maximum Gasteiger partial charge on any atom is 0.216 e. The van der Waals surface area contributed by atoms with Gasteiger partial charge in [-0.05, 0) is 47.6 Å². The van der Waals surface area contributed by atoms with E-state index in [4.69, 9.17) is 31.2 Å². The molecule has 0 saturated carbocycles. The Kier molecular flexibility index (Phi) is 7.24. The molecule has 174 valence electrons. The van der Waals surface area contributed by atoms with Crippen molar-refractivity contribution < 1.29 is 18.9 Å². The number of aromatic nitrogens is 3. The van der Waals surface area contributed by atoms with Gasteiger partial charge in [-0.25, -0.2) is 5.10 Å². The van der Waals surface area contributed by atoms with Gasteiger partial charge in [-0.15, -0.1) is 0 Å². The van der Waals surface area contributed by atoms with Crippen LogP contribution in [0.15, 0.2) is 71.8 Å². The average Bonchev–Trinajstić information content (AvgIpc) is 3.26. The van der Waals surface area contributed by atoms with Crippen LogP contribution in [0.2, 0.25) is 0 Å². The van der Waals surface area contributed by atoms with Gasteiger partial charge in [0.1, 0.15) is 12.4 Å². The number of rotatable bonds is 9. The second-order valence-corrected chi connectivity index (χ2v) is 7.56. The van der Waals surface area contributed by atoms with Crippen molar-refractivity contribution in [2.75, 3.05) is 21.3 Å². The van der Waals surface area contributed by atoms with Gasteiger partial charge in [-0.2, -0.15) is 14.9 Å². The van der Waals surface area contributed by atoms with Gasteiger partial charge in [-0.3, -0.25) is 0 Å². The number of H-pyrrole nitrogens is 1. The second kappa shape index (κ2) is 10.7. The molecule has 8 nitrogen and oxygen atoms in total. The monoisotopic (exact) mass is 476 g/mol. The van der Waals surface area contributed by atoms with Crippen molar-refractivity contribution in [3.8, 4) is 34.4 Å². The standard InChI is InChI=1S/C25H24N4O4S/c1-30-21-13-19(14-22(31-2)23(21)32-3)24-27-28-25(34)29(24)26-15-18-10-7-11-20(12-18)33-16-17-8-5-4-6-9-17/h4-15H,16H2,1-3H3,(H,28,34)/b26-15+. The van der Waals surface area contributed by atoms with E-state index in [2.05, 4.69) is 15.3 Å². The number of nitrogens with one attached hydrogen (secondary N) is 1. The van der Waals surface area contributed by atoms with E-state index in [-0.39, 0.29) is 0 Å². The van der Waals surface area contributed by atoms with E-state index < -0.39 is 0 Å². The molecular formula is C25H24N4O4S. The fourth-order valence-electron chi connectivity index (χ4n) is 3.35. The summed E-state index contributed by atoms with van der Waals surface area (Å²) < 4.78 is 24.1. The van der Waals surface area contributed by atoms with E-state index in [0.717, 1.165) is 16.9 Å². The molecule has 1 N–H and O–H groups in total. The van der Waals surface area contributed by atoms with Gasteiger partial charge in [0.05, 0.1) is 27.5 Å². The molecule has 0 saturated heterocycles. The minimum atomic E-state index is 0.344. The van der Waals surface area contributed by atoms with Gasteiger partial charge >= 0.3 is 0 Å². The largest absolute Gasteiger partial charge is 0.493 e. The van der Waals surface area contributed by atoms with Crippen molar-refractivity contribution in [3.63, 3.8) is 0 Å². The molecule has 34 heavy (non-hydrogen) atoms. The first-order chi connectivity index (χ1) is 16.6. The molecule has 3 aromatic carbocycles. The molecule has 0 atom stereocenters. The Morgan fingerprint density at radius 2 is 1.68 bits per heavy atom. The number of ether oxygens (including phenoxy) is 4. The number of hydrogen-bond donors (Lipinski definition) is 1. The topological polar surface area (TPSA) is 82.9 Å². The fraction of sp³-hybridized carbons (Fsp3) is 0.160. The van der Waals surface area contributed by atoms with Crippen LogP contribution < -0.4 is 18.9 Å². The summed E-state index contributed by atoms with van der Waals surface area (Å²) in [6.45, 7) is 0.486. The third kappa shape index (κ3) is 5.10. The van der Waals surface area contributed by atoms with E-state index in [1.54, 1.807) is 39.7 Å². The summed E-state index contributed by atoms with van der Waals surface area (Å²) in [7, 11) is 4.67. The molecule has 0 fully saturated rings. The van der Waals surface area contributed by atoms with E-state index in [9.17, 15) is 0 Å². The molecule has 4 rings (SSSR count). The van der Waals surface area contributed by atoms with E-state index in [0.29, 0.717) is 40.0 Å². The molecule has 0 aliphatic rings. The third-order valence-electron chi connectivity index (χ3n) is 5.00. The summed E-state index contributed by atoms with van der Waals surface area (Å²) in [5.74, 6) is 2.74. The van der Waals surface area contributed by atoms with Gasteiger partial charge in [-0.1, -0.05) is 42.5 Å². The molecule has 0 aliphatic heterocycles. The molecule has 0 amide bonds. The van der Waals surface area contributed by atoms with Gasteiger partial charge in [0.25, 0.3) is 0 Å². The molecule has 9 heteroatoms. The van der Waals surface area contributed by atoms with Gasteiger partial charge < -0.3 is 18.9 Å². The van der Waals surface area contributed by atoms with Crippen molar-refractivity contribution in [2.45, 2.75) is 6.61 Å². The minimum absolute atomic E-state index is 0.344. The van der Waals surface area contributed by atoms with Crippen molar-refractivity contribution in [1.29, 1.82) is 0 Å². The molecule has 0 bridgehead atoms. The van der Waals surface area contributed by atoms with E-state index in [1.165, 1.54) is 4.68 Å². The first-order valence-corrected chi connectivity index (χ1v) is 10.8. The molecule has 1 heterocycles. The normalized spacial score (nSPS) is 10.9. The predicted molar refractivity (Wildman–Crippen MR) is 133 cm³/mol. The highest BCUT2D eigenvalue weighted by Gasteiger charge is 2.17. The molecule has 0 spiro atoms. The van der Waals surface area contributed by atoms with Crippen molar-refractivity contribution >= 4 is 18.4 Å². The van der Waals surface area contributed by atoms with E-state index >= 15 is 0 Å². The number of nitrogens with zero attached hydrogens (tertiary/aromatic N) is 3. The lowest BCUT2D eigenvalue weighted by atomic mass is 10.1. The number of hydrogen-bond acceptors (Lipinski definition) is 7. The Labute approximate surface area is 202 Å². The summed E-state index contributed by atoms with van der Waals surface area (Å²) >= 11 is 5.40. The SMILES string of the molecule is COc1cc(-c2n[nH]c(=S)n2/N=C/c2cccc(OCc3ccccc3)c2)cc(OC)c1OC. The van der Waals surface area contributed by atoms with E-state index in [1.807, 2.05) is 54.6 Å². The van der Waals surface area contributed by atoms with Crippen LogP contribution in [0.4, 0.5) is 0 Å². The van der Waals surface area contributed by atoms with Crippen molar-refractivity contribution in [1.82, 2.24) is 14.9 Å². The summed E-state index contributed by atoms with van der Waals surface area (Å²) in [4.78, 5) is 0. The third-order valence-corrected chi connectivity index (χ3v) is 5.27. The summed E-state index contributed by atoms with van der Waals surface area (Å²) in [5, 5.41) is 11.7. The van der Waals surface area contributed by atoms with Crippen LogP contribution >= 0.6 is 12.2 Å². The smallest absolute Gasteiger partial charge is 0.216 e. The Bertz CT molecular complexity index is 1320. The molecule has 4 aromatic rings. The maximum atomic E-state index is 5.91. The van der Waals surface area contributed by atoms with Crippen molar-refractivity contribution in [3.05, 3.63) is 82.6 Å². The van der Waals surface area contributed by atoms with Crippen LogP contribution in [0.3, 0.4) is 0 Å². The Morgan fingerprint density at radius 3 is 2.35 bits per heavy atom. The molecule has 0 radical (unpaired) electrons. The fourth-order valence-corrected chi connectivity index (χ4v) is 3.53. The zero-order chi connectivity index (χ0) is 23.9.